The molecule has 0 heterocycles. The fourth-order valence-corrected chi connectivity index (χ4v) is 3.77. The Morgan fingerprint density at radius 2 is 1.64 bits per heavy atom. The van der Waals surface area contributed by atoms with Crippen LogP contribution < -0.4 is 9.83 Å². The summed E-state index contributed by atoms with van der Waals surface area (Å²) in [7, 11) is -3.84. The number of hydrogen-bond donors (Lipinski definition) is 1. The number of nitrogens with one attached hydrogen (secondary N) is 1. The second kappa shape index (κ2) is 8.27. The second-order valence-electron chi connectivity index (χ2n) is 6.04. The molecule has 0 amide bonds. The van der Waals surface area contributed by atoms with Crippen LogP contribution in [0.4, 0.5) is 0 Å². The SMILES string of the molecule is CC[C@@H](C)c1ccc(S(=O)(=O)N[C@@H](CC(=O)[O-])c2ccccc2)cc1. The van der Waals surface area contributed by atoms with Gasteiger partial charge in [-0.1, -0.05) is 56.3 Å². The molecule has 0 aliphatic carbocycles. The predicted octanol–water partition coefficient (Wildman–Crippen LogP) is 2.36. The third kappa shape index (κ3) is 5.14. The van der Waals surface area contributed by atoms with Gasteiger partial charge in [0.25, 0.3) is 0 Å². The van der Waals surface area contributed by atoms with Gasteiger partial charge in [0.15, 0.2) is 0 Å². The smallest absolute Gasteiger partial charge is 0.241 e. The minimum absolute atomic E-state index is 0.110. The van der Waals surface area contributed by atoms with Crippen LogP contribution in [0.25, 0.3) is 0 Å². The normalized spacial score (nSPS) is 14.0. The van der Waals surface area contributed by atoms with Crippen molar-refractivity contribution < 1.29 is 18.3 Å². The van der Waals surface area contributed by atoms with Gasteiger partial charge in [-0.15, -0.1) is 0 Å². The monoisotopic (exact) mass is 360 g/mol. The Labute approximate surface area is 148 Å². The van der Waals surface area contributed by atoms with Gasteiger partial charge < -0.3 is 9.90 Å². The van der Waals surface area contributed by atoms with Crippen LogP contribution in [-0.4, -0.2) is 14.4 Å². The zero-order valence-electron chi connectivity index (χ0n) is 14.3. The first kappa shape index (κ1) is 19.1. The molecule has 1 N–H and O–H groups in total. The van der Waals surface area contributed by atoms with E-state index in [0.29, 0.717) is 11.5 Å². The lowest BCUT2D eigenvalue weighted by Gasteiger charge is -2.20. The highest BCUT2D eigenvalue weighted by atomic mass is 32.2. The summed E-state index contributed by atoms with van der Waals surface area (Å²) in [5, 5.41) is 11.0. The molecular formula is C19H22NO4S-. The zero-order valence-corrected chi connectivity index (χ0v) is 15.1. The number of rotatable bonds is 8. The molecule has 0 aromatic heterocycles. The van der Waals surface area contributed by atoms with E-state index in [-0.39, 0.29) is 4.90 Å². The number of carboxylic acid groups (broad SMARTS) is 1. The summed E-state index contributed by atoms with van der Waals surface area (Å²) in [5.41, 5.74) is 1.64. The molecule has 0 aliphatic rings. The summed E-state index contributed by atoms with van der Waals surface area (Å²) in [5.74, 6) is -0.969. The largest absolute Gasteiger partial charge is 0.550 e. The summed E-state index contributed by atoms with van der Waals surface area (Å²) in [6.45, 7) is 4.15. The molecule has 0 spiro atoms. The molecular weight excluding hydrogens is 338 g/mol. The maximum absolute atomic E-state index is 12.6. The van der Waals surface area contributed by atoms with Crippen LogP contribution in [0.15, 0.2) is 59.5 Å². The number of hydrogen-bond acceptors (Lipinski definition) is 4. The molecule has 6 heteroatoms. The Morgan fingerprint density at radius 1 is 1.04 bits per heavy atom. The predicted molar refractivity (Wildman–Crippen MR) is 94.3 cm³/mol. The molecule has 0 unspecified atom stereocenters. The minimum Gasteiger partial charge on any atom is -0.550 e. The number of carboxylic acids is 1. The lowest BCUT2D eigenvalue weighted by atomic mass is 9.99. The topological polar surface area (TPSA) is 86.3 Å². The fraction of sp³-hybridized carbons (Fsp3) is 0.316. The van der Waals surface area contributed by atoms with Crippen molar-refractivity contribution in [1.29, 1.82) is 0 Å². The van der Waals surface area contributed by atoms with Crippen molar-refractivity contribution in [3.05, 3.63) is 65.7 Å². The summed E-state index contributed by atoms with van der Waals surface area (Å²) in [6.07, 6.45) is 0.528. The van der Waals surface area contributed by atoms with E-state index in [4.69, 9.17) is 0 Å². The van der Waals surface area contributed by atoms with Gasteiger partial charge in [-0.25, -0.2) is 13.1 Å². The highest BCUT2D eigenvalue weighted by Gasteiger charge is 2.21. The Kier molecular flexibility index (Phi) is 6.33. The average molecular weight is 360 g/mol. The van der Waals surface area contributed by atoms with Crippen LogP contribution in [0.5, 0.6) is 0 Å². The quantitative estimate of drug-likeness (QED) is 0.783. The maximum atomic E-state index is 12.6. The number of benzene rings is 2. The first-order chi connectivity index (χ1) is 11.8. The number of carbonyl (C=O) groups is 1. The fourth-order valence-electron chi connectivity index (χ4n) is 2.55. The van der Waals surface area contributed by atoms with E-state index < -0.39 is 28.5 Å². The van der Waals surface area contributed by atoms with Crippen molar-refractivity contribution in [2.75, 3.05) is 0 Å². The Balaban J connectivity index is 2.26. The van der Waals surface area contributed by atoms with Gasteiger partial charge in [0, 0.05) is 12.4 Å². The van der Waals surface area contributed by atoms with Crippen molar-refractivity contribution in [1.82, 2.24) is 4.72 Å². The molecule has 0 saturated carbocycles. The zero-order chi connectivity index (χ0) is 18.4. The van der Waals surface area contributed by atoms with Gasteiger partial charge in [-0.05, 0) is 35.6 Å². The van der Waals surface area contributed by atoms with Crippen LogP contribution in [-0.2, 0) is 14.8 Å². The lowest BCUT2D eigenvalue weighted by molar-refractivity contribution is -0.306. The third-order valence-corrected chi connectivity index (χ3v) is 5.73. The molecule has 5 nitrogen and oxygen atoms in total. The van der Waals surface area contributed by atoms with E-state index in [1.807, 2.05) is 0 Å². The molecule has 0 radical (unpaired) electrons. The third-order valence-electron chi connectivity index (χ3n) is 4.24. The molecule has 2 aromatic carbocycles. The van der Waals surface area contributed by atoms with Crippen LogP contribution in [0.3, 0.4) is 0 Å². The summed E-state index contributed by atoms with van der Waals surface area (Å²) in [4.78, 5) is 11.1. The molecule has 2 rings (SSSR count). The molecule has 2 atom stereocenters. The number of sulfonamides is 1. The van der Waals surface area contributed by atoms with Crippen molar-refractivity contribution in [2.24, 2.45) is 0 Å². The van der Waals surface area contributed by atoms with E-state index in [2.05, 4.69) is 18.6 Å². The van der Waals surface area contributed by atoms with Gasteiger partial charge >= 0.3 is 0 Å². The molecule has 0 saturated heterocycles. The molecule has 25 heavy (non-hydrogen) atoms. The number of aliphatic carboxylic acids is 1. The first-order valence-corrected chi connectivity index (χ1v) is 9.69. The lowest BCUT2D eigenvalue weighted by Crippen LogP contribution is -2.34. The van der Waals surface area contributed by atoms with Crippen LogP contribution in [0.1, 0.15) is 49.8 Å². The van der Waals surface area contributed by atoms with E-state index in [9.17, 15) is 18.3 Å². The number of carbonyl (C=O) groups excluding carboxylic acids is 1. The van der Waals surface area contributed by atoms with E-state index in [0.717, 1.165) is 12.0 Å². The highest BCUT2D eigenvalue weighted by Crippen LogP contribution is 2.23. The Morgan fingerprint density at radius 3 is 2.16 bits per heavy atom. The summed E-state index contributed by atoms with van der Waals surface area (Å²) in [6, 6.07) is 14.4. The maximum Gasteiger partial charge on any atom is 0.241 e. The van der Waals surface area contributed by atoms with Crippen molar-refractivity contribution in [3.63, 3.8) is 0 Å². The second-order valence-corrected chi connectivity index (χ2v) is 7.75. The van der Waals surface area contributed by atoms with Crippen LogP contribution in [0.2, 0.25) is 0 Å². The minimum atomic E-state index is -3.84. The van der Waals surface area contributed by atoms with Gasteiger partial charge in [0.1, 0.15) is 0 Å². The van der Waals surface area contributed by atoms with E-state index >= 15 is 0 Å². The van der Waals surface area contributed by atoms with Crippen LogP contribution >= 0.6 is 0 Å². The molecule has 2 aromatic rings. The molecule has 134 valence electrons. The first-order valence-electron chi connectivity index (χ1n) is 8.20. The standard InChI is InChI=1S/C19H23NO4S/c1-3-14(2)15-9-11-17(12-10-15)25(23,24)20-18(13-19(21)22)16-7-5-4-6-8-16/h4-12,14,18,20H,3,13H2,1-2H3,(H,21,22)/p-1/t14-,18+/m1/s1. The molecule has 0 bridgehead atoms. The highest BCUT2D eigenvalue weighted by molar-refractivity contribution is 7.89. The Hall–Kier alpha value is -2.18. The van der Waals surface area contributed by atoms with E-state index in [1.165, 1.54) is 0 Å². The average Bonchev–Trinajstić information content (AvgIpc) is 2.61. The van der Waals surface area contributed by atoms with Gasteiger partial charge in [-0.3, -0.25) is 0 Å². The van der Waals surface area contributed by atoms with Crippen molar-refractivity contribution >= 4 is 16.0 Å². The van der Waals surface area contributed by atoms with Crippen molar-refractivity contribution in [2.45, 2.75) is 43.5 Å². The van der Waals surface area contributed by atoms with E-state index in [1.54, 1.807) is 54.6 Å². The van der Waals surface area contributed by atoms with Crippen molar-refractivity contribution in [3.8, 4) is 0 Å². The van der Waals surface area contributed by atoms with Crippen LogP contribution in [0, 0.1) is 0 Å². The van der Waals surface area contributed by atoms with Gasteiger partial charge in [0.2, 0.25) is 10.0 Å². The van der Waals surface area contributed by atoms with Gasteiger partial charge in [0.05, 0.1) is 10.9 Å². The summed E-state index contributed by atoms with van der Waals surface area (Å²) >= 11 is 0. The Bertz CT molecular complexity index is 801. The molecule has 0 aliphatic heterocycles. The summed E-state index contributed by atoms with van der Waals surface area (Å²) < 4.78 is 27.7. The van der Waals surface area contributed by atoms with Gasteiger partial charge in [-0.2, -0.15) is 0 Å². The molecule has 0 fully saturated rings.